The van der Waals surface area contributed by atoms with E-state index in [0.29, 0.717) is 16.8 Å². The average molecular weight is 427 g/mol. The standard InChI is InChI=1S/C15H11BrN2O4S2/c1-17-9-3-2-7(16)6-8(9)11(13(17)21)12-14(22)18(15(23)24-12)5-4-10(19)20/h2-3,6H,4-5H2,1H3,(H,19,20)/b12-11+. The van der Waals surface area contributed by atoms with Gasteiger partial charge in [0.2, 0.25) is 0 Å². The molecule has 1 fully saturated rings. The maximum atomic E-state index is 12.6. The molecule has 6 nitrogen and oxygen atoms in total. The van der Waals surface area contributed by atoms with E-state index in [-0.39, 0.29) is 28.1 Å². The largest absolute Gasteiger partial charge is 0.481 e. The number of amides is 2. The third kappa shape index (κ3) is 2.76. The number of fused-ring (bicyclic) bond motifs is 1. The van der Waals surface area contributed by atoms with Crippen LogP contribution in [0.2, 0.25) is 0 Å². The number of carbonyl (C=O) groups excluding carboxylic acids is 2. The third-order valence-corrected chi connectivity index (χ3v) is 5.67. The number of carboxylic acid groups (broad SMARTS) is 1. The maximum absolute atomic E-state index is 12.6. The molecule has 3 rings (SSSR count). The molecule has 0 unspecified atom stereocenters. The smallest absolute Gasteiger partial charge is 0.305 e. The minimum absolute atomic E-state index is 0.00779. The van der Waals surface area contributed by atoms with Crippen LogP contribution in [-0.2, 0) is 14.4 Å². The van der Waals surface area contributed by atoms with Gasteiger partial charge in [0.25, 0.3) is 11.8 Å². The average Bonchev–Trinajstić information content (AvgIpc) is 2.92. The Balaban J connectivity index is 2.06. The van der Waals surface area contributed by atoms with Crippen molar-refractivity contribution in [3.8, 4) is 0 Å². The second-order valence-corrected chi connectivity index (χ2v) is 7.76. The van der Waals surface area contributed by atoms with Crippen molar-refractivity contribution in [1.82, 2.24) is 4.90 Å². The number of carboxylic acids is 1. The third-order valence-electron chi connectivity index (χ3n) is 3.73. The summed E-state index contributed by atoms with van der Waals surface area (Å²) in [5.41, 5.74) is 1.69. The number of thiocarbonyl (C=S) groups is 1. The molecule has 0 aromatic heterocycles. The molecule has 9 heteroatoms. The van der Waals surface area contributed by atoms with Gasteiger partial charge in [-0.2, -0.15) is 0 Å². The second-order valence-electron chi connectivity index (χ2n) is 5.20. The van der Waals surface area contributed by atoms with E-state index in [1.165, 1.54) is 9.80 Å². The van der Waals surface area contributed by atoms with Gasteiger partial charge in [0, 0.05) is 23.6 Å². The molecule has 124 valence electrons. The molecule has 2 heterocycles. The first-order chi connectivity index (χ1) is 11.3. The first kappa shape index (κ1) is 17.1. The van der Waals surface area contributed by atoms with Crippen LogP contribution < -0.4 is 4.90 Å². The lowest BCUT2D eigenvalue weighted by atomic mass is 10.1. The van der Waals surface area contributed by atoms with E-state index >= 15 is 0 Å². The van der Waals surface area contributed by atoms with Gasteiger partial charge in [-0.3, -0.25) is 19.3 Å². The molecule has 1 saturated heterocycles. The molecule has 0 radical (unpaired) electrons. The zero-order valence-corrected chi connectivity index (χ0v) is 15.6. The summed E-state index contributed by atoms with van der Waals surface area (Å²) in [7, 11) is 1.65. The Bertz CT molecular complexity index is 837. The summed E-state index contributed by atoms with van der Waals surface area (Å²) in [6.45, 7) is -0.00779. The molecule has 1 aromatic carbocycles. The van der Waals surface area contributed by atoms with Gasteiger partial charge in [-0.05, 0) is 18.2 Å². The molecule has 0 bridgehead atoms. The number of anilines is 1. The number of hydrogen-bond donors (Lipinski definition) is 1. The zero-order valence-electron chi connectivity index (χ0n) is 12.4. The van der Waals surface area contributed by atoms with Gasteiger partial charge >= 0.3 is 5.97 Å². The molecular weight excluding hydrogens is 416 g/mol. The van der Waals surface area contributed by atoms with Gasteiger partial charge in [-0.25, -0.2) is 0 Å². The number of thioether (sulfide) groups is 1. The fourth-order valence-electron chi connectivity index (χ4n) is 2.56. The van der Waals surface area contributed by atoms with Crippen LogP contribution in [0.15, 0.2) is 27.6 Å². The zero-order chi connectivity index (χ0) is 17.6. The van der Waals surface area contributed by atoms with Gasteiger partial charge in [0.15, 0.2) is 0 Å². The van der Waals surface area contributed by atoms with Crippen molar-refractivity contribution < 1.29 is 19.5 Å². The number of carbonyl (C=O) groups is 3. The van der Waals surface area contributed by atoms with Gasteiger partial charge in [-0.15, -0.1) is 0 Å². The summed E-state index contributed by atoms with van der Waals surface area (Å²) in [5, 5.41) is 8.80. The highest BCUT2D eigenvalue weighted by atomic mass is 79.9. The maximum Gasteiger partial charge on any atom is 0.305 e. The summed E-state index contributed by atoms with van der Waals surface area (Å²) < 4.78 is 1.06. The van der Waals surface area contributed by atoms with Crippen molar-refractivity contribution in [3.05, 3.63) is 33.1 Å². The van der Waals surface area contributed by atoms with Gasteiger partial charge in [-0.1, -0.05) is 39.9 Å². The molecular formula is C15H11BrN2O4S2. The first-order valence-electron chi connectivity index (χ1n) is 6.89. The number of aliphatic carboxylic acids is 1. The van der Waals surface area contributed by atoms with Crippen LogP contribution in [0.5, 0.6) is 0 Å². The number of hydrogen-bond acceptors (Lipinski definition) is 5. The highest BCUT2D eigenvalue weighted by molar-refractivity contribution is 9.10. The lowest BCUT2D eigenvalue weighted by Crippen LogP contribution is -2.30. The Kier molecular flexibility index (Phi) is 4.50. The Hall–Kier alpha value is -1.71. The van der Waals surface area contributed by atoms with E-state index in [2.05, 4.69) is 15.9 Å². The lowest BCUT2D eigenvalue weighted by molar-refractivity contribution is -0.137. The summed E-state index contributed by atoms with van der Waals surface area (Å²) >= 11 is 9.59. The SMILES string of the molecule is CN1C(=O)/C(=C2/SC(=S)N(CCC(=O)O)C2=O)c2cc(Br)ccc21. The second kappa shape index (κ2) is 6.30. The Labute approximate surface area is 155 Å². The molecule has 24 heavy (non-hydrogen) atoms. The van der Waals surface area contributed by atoms with Crippen LogP contribution >= 0.6 is 39.9 Å². The van der Waals surface area contributed by atoms with E-state index < -0.39 is 11.9 Å². The lowest BCUT2D eigenvalue weighted by Gasteiger charge is -2.12. The van der Waals surface area contributed by atoms with Crippen molar-refractivity contribution in [2.24, 2.45) is 0 Å². The number of halogens is 1. The van der Waals surface area contributed by atoms with Crippen molar-refractivity contribution in [2.75, 3.05) is 18.5 Å². The van der Waals surface area contributed by atoms with Crippen LogP contribution in [0.4, 0.5) is 5.69 Å². The van der Waals surface area contributed by atoms with Crippen LogP contribution in [-0.4, -0.2) is 45.7 Å². The summed E-state index contributed by atoms with van der Waals surface area (Å²) in [4.78, 5) is 39.0. The highest BCUT2D eigenvalue weighted by Gasteiger charge is 2.41. The van der Waals surface area contributed by atoms with Gasteiger partial charge in [0.05, 0.1) is 22.6 Å². The van der Waals surface area contributed by atoms with Gasteiger partial charge < -0.3 is 10.0 Å². The van der Waals surface area contributed by atoms with E-state index in [4.69, 9.17) is 17.3 Å². The summed E-state index contributed by atoms with van der Waals surface area (Å²) in [5.74, 6) is -1.71. The van der Waals surface area contributed by atoms with Crippen molar-refractivity contribution in [1.29, 1.82) is 0 Å². The molecule has 0 aliphatic carbocycles. The molecule has 2 aliphatic heterocycles. The fourth-order valence-corrected chi connectivity index (χ4v) is 4.30. The summed E-state index contributed by atoms with van der Waals surface area (Å²) in [6, 6.07) is 5.41. The highest BCUT2D eigenvalue weighted by Crippen LogP contribution is 2.44. The monoisotopic (exact) mass is 426 g/mol. The minimum atomic E-state index is -1.01. The molecule has 0 saturated carbocycles. The fraction of sp³-hybridized carbons (Fsp3) is 0.200. The summed E-state index contributed by atoms with van der Waals surface area (Å²) in [6.07, 6.45) is -0.203. The molecule has 1 aromatic rings. The molecule has 0 atom stereocenters. The van der Waals surface area contributed by atoms with Crippen molar-refractivity contribution in [3.63, 3.8) is 0 Å². The molecule has 1 N–H and O–H groups in total. The van der Waals surface area contributed by atoms with Crippen LogP contribution in [0.25, 0.3) is 5.57 Å². The van der Waals surface area contributed by atoms with Gasteiger partial charge in [0.1, 0.15) is 4.32 Å². The van der Waals surface area contributed by atoms with Crippen LogP contribution in [0, 0.1) is 0 Å². The van der Waals surface area contributed by atoms with Crippen LogP contribution in [0.1, 0.15) is 12.0 Å². The first-order valence-corrected chi connectivity index (χ1v) is 8.90. The van der Waals surface area contributed by atoms with Crippen molar-refractivity contribution >= 4 is 73.3 Å². The molecule has 2 aliphatic rings. The van der Waals surface area contributed by atoms with Crippen LogP contribution in [0.3, 0.4) is 0 Å². The number of rotatable bonds is 3. The Morgan fingerprint density at radius 3 is 2.71 bits per heavy atom. The predicted octanol–water partition coefficient (Wildman–Crippen LogP) is 2.47. The quantitative estimate of drug-likeness (QED) is 0.590. The minimum Gasteiger partial charge on any atom is -0.481 e. The Morgan fingerprint density at radius 1 is 1.33 bits per heavy atom. The van der Waals surface area contributed by atoms with E-state index in [1.54, 1.807) is 19.2 Å². The Morgan fingerprint density at radius 2 is 2.04 bits per heavy atom. The molecule has 0 spiro atoms. The van der Waals surface area contributed by atoms with E-state index in [1.807, 2.05) is 6.07 Å². The van der Waals surface area contributed by atoms with E-state index in [0.717, 1.165) is 16.2 Å². The predicted molar refractivity (Wildman–Crippen MR) is 98.6 cm³/mol. The topological polar surface area (TPSA) is 77.9 Å². The number of nitrogens with zero attached hydrogens (tertiary/aromatic N) is 2. The van der Waals surface area contributed by atoms with Crippen molar-refractivity contribution in [2.45, 2.75) is 6.42 Å². The number of benzene rings is 1. The van der Waals surface area contributed by atoms with E-state index in [9.17, 15) is 14.4 Å². The molecule has 2 amide bonds. The normalized spacial score (nSPS) is 20.2. The number of likely N-dealkylation sites (N-methyl/N-ethyl adjacent to an activating group) is 1.